The van der Waals surface area contributed by atoms with Gasteiger partial charge < -0.3 is 9.80 Å². The number of piperazine rings is 1. The molecule has 2 saturated heterocycles. The third-order valence-electron chi connectivity index (χ3n) is 5.83. The number of amides is 1. The molecule has 2 rings (SSSR count). The average molecular weight is 389 g/mol. The lowest BCUT2D eigenvalue weighted by Crippen LogP contribution is -2.52. The van der Waals surface area contributed by atoms with Gasteiger partial charge in [0.1, 0.15) is 0 Å². The van der Waals surface area contributed by atoms with Gasteiger partial charge in [-0.15, -0.1) is 0 Å². The van der Waals surface area contributed by atoms with Crippen LogP contribution in [0.5, 0.6) is 0 Å². The molecular formula is C18H36N4O3S. The van der Waals surface area contributed by atoms with Crippen molar-refractivity contribution >= 4 is 15.9 Å². The van der Waals surface area contributed by atoms with E-state index in [1.54, 1.807) is 6.92 Å². The molecule has 2 heterocycles. The number of piperidine rings is 1. The van der Waals surface area contributed by atoms with Crippen LogP contribution in [0.2, 0.25) is 0 Å². The van der Waals surface area contributed by atoms with Crippen molar-refractivity contribution in [1.82, 2.24) is 19.4 Å². The van der Waals surface area contributed by atoms with Crippen LogP contribution in [-0.4, -0.2) is 92.7 Å². The van der Waals surface area contributed by atoms with Crippen LogP contribution in [0.15, 0.2) is 0 Å². The normalized spacial score (nSPS) is 24.6. The second kappa shape index (κ2) is 10.0. The lowest BCUT2D eigenvalue weighted by atomic mass is 10.00. The Kier molecular flexibility index (Phi) is 8.32. The number of carbonyl (C=O) groups excluding carboxylic acids is 1. The van der Waals surface area contributed by atoms with Crippen molar-refractivity contribution in [2.75, 3.05) is 51.6 Å². The van der Waals surface area contributed by atoms with Crippen molar-refractivity contribution in [1.29, 1.82) is 0 Å². The molecule has 0 aromatic heterocycles. The van der Waals surface area contributed by atoms with Gasteiger partial charge in [0, 0.05) is 58.3 Å². The number of likely N-dealkylation sites (tertiary alicyclic amines) is 1. The molecule has 2 aliphatic rings. The molecule has 0 aromatic rings. The van der Waals surface area contributed by atoms with Crippen molar-refractivity contribution in [2.24, 2.45) is 0 Å². The summed E-state index contributed by atoms with van der Waals surface area (Å²) in [6, 6.07) is 0.268. The van der Waals surface area contributed by atoms with Crippen LogP contribution < -0.4 is 4.72 Å². The number of carbonyl (C=O) groups is 1. The predicted molar refractivity (Wildman–Crippen MR) is 105 cm³/mol. The van der Waals surface area contributed by atoms with Crippen molar-refractivity contribution < 1.29 is 13.2 Å². The van der Waals surface area contributed by atoms with Gasteiger partial charge in [0.15, 0.2) is 0 Å². The second-order valence-electron chi connectivity index (χ2n) is 7.64. The fourth-order valence-corrected chi connectivity index (χ4v) is 5.20. The molecule has 1 N–H and O–H groups in total. The smallest absolute Gasteiger partial charge is 0.219 e. The highest BCUT2D eigenvalue weighted by Gasteiger charge is 2.26. The zero-order chi connectivity index (χ0) is 19.2. The Morgan fingerprint density at radius 3 is 2.46 bits per heavy atom. The first kappa shape index (κ1) is 21.6. The summed E-state index contributed by atoms with van der Waals surface area (Å²) in [5.74, 6) is 0.150. The van der Waals surface area contributed by atoms with Gasteiger partial charge in [-0.25, -0.2) is 13.1 Å². The first-order valence-electron chi connectivity index (χ1n) is 10.0. The Hall–Kier alpha value is -0.700. The third-order valence-corrected chi connectivity index (χ3v) is 7.21. The third kappa shape index (κ3) is 6.48. The highest BCUT2D eigenvalue weighted by molar-refractivity contribution is 7.89. The average Bonchev–Trinajstić information content (AvgIpc) is 2.65. The minimum Gasteiger partial charge on any atom is -0.340 e. The minimum atomic E-state index is -3.30. The molecule has 0 aliphatic carbocycles. The maximum atomic E-state index is 12.4. The number of nitrogens with one attached hydrogen (secondary N) is 1. The molecule has 8 heteroatoms. The van der Waals surface area contributed by atoms with E-state index in [1.165, 1.54) is 0 Å². The predicted octanol–water partition coefficient (Wildman–Crippen LogP) is 0.723. The van der Waals surface area contributed by atoms with E-state index < -0.39 is 10.0 Å². The van der Waals surface area contributed by atoms with Crippen LogP contribution in [0.3, 0.4) is 0 Å². The molecule has 0 spiro atoms. The second-order valence-corrected chi connectivity index (χ2v) is 9.56. The summed E-state index contributed by atoms with van der Waals surface area (Å²) in [6.45, 7) is 12.2. The Bertz CT molecular complexity index is 547. The molecule has 0 saturated carbocycles. The molecule has 0 aromatic carbocycles. The monoisotopic (exact) mass is 388 g/mol. The summed E-state index contributed by atoms with van der Waals surface area (Å²) in [6.07, 6.45) is 3.53. The Balaban J connectivity index is 1.75. The molecule has 2 atom stereocenters. The highest BCUT2D eigenvalue weighted by Crippen LogP contribution is 2.20. The maximum Gasteiger partial charge on any atom is 0.219 e. The molecule has 2 aliphatic heterocycles. The van der Waals surface area contributed by atoms with Crippen molar-refractivity contribution in [3.8, 4) is 0 Å². The summed E-state index contributed by atoms with van der Waals surface area (Å²) in [4.78, 5) is 18.3. The van der Waals surface area contributed by atoms with Gasteiger partial charge in [-0.2, -0.15) is 0 Å². The number of likely N-dealkylation sites (N-methyl/N-ethyl adjacent to an activating group) is 1. The van der Waals surface area contributed by atoms with Gasteiger partial charge in [0.2, 0.25) is 15.9 Å². The van der Waals surface area contributed by atoms with Crippen molar-refractivity contribution in [3.05, 3.63) is 0 Å². The SMILES string of the molecule is CCN1CCN([C@H](C)CNS(=O)(=O)CC[C@@H]2CCCCN2C(C)=O)CC1. The fourth-order valence-electron chi connectivity index (χ4n) is 3.98. The summed E-state index contributed by atoms with van der Waals surface area (Å²) in [7, 11) is -3.30. The van der Waals surface area contributed by atoms with Crippen LogP contribution >= 0.6 is 0 Å². The quantitative estimate of drug-likeness (QED) is 0.663. The summed E-state index contributed by atoms with van der Waals surface area (Å²) in [5.41, 5.74) is 0. The molecule has 0 radical (unpaired) electrons. The summed E-state index contributed by atoms with van der Waals surface area (Å²) in [5, 5.41) is 0. The van der Waals surface area contributed by atoms with Crippen LogP contribution in [0.4, 0.5) is 0 Å². The Morgan fingerprint density at radius 1 is 1.15 bits per heavy atom. The van der Waals surface area contributed by atoms with E-state index in [9.17, 15) is 13.2 Å². The van der Waals surface area contributed by atoms with Gasteiger partial charge in [0.05, 0.1) is 5.75 Å². The van der Waals surface area contributed by atoms with Gasteiger partial charge in [-0.05, 0) is 39.2 Å². The van der Waals surface area contributed by atoms with Crippen LogP contribution in [0.1, 0.15) is 46.5 Å². The molecule has 152 valence electrons. The molecule has 2 fully saturated rings. The van der Waals surface area contributed by atoms with E-state index in [4.69, 9.17) is 0 Å². The number of hydrogen-bond donors (Lipinski definition) is 1. The topological polar surface area (TPSA) is 73.0 Å². The van der Waals surface area contributed by atoms with Gasteiger partial charge in [-0.3, -0.25) is 9.69 Å². The number of hydrogen-bond acceptors (Lipinski definition) is 5. The van der Waals surface area contributed by atoms with E-state index in [2.05, 4.69) is 28.4 Å². The molecule has 1 amide bonds. The fraction of sp³-hybridized carbons (Fsp3) is 0.944. The highest BCUT2D eigenvalue weighted by atomic mass is 32.2. The largest absolute Gasteiger partial charge is 0.340 e. The summed E-state index contributed by atoms with van der Waals surface area (Å²) < 4.78 is 27.6. The molecule has 0 bridgehead atoms. The number of nitrogens with zero attached hydrogens (tertiary/aromatic N) is 3. The maximum absolute atomic E-state index is 12.4. The minimum absolute atomic E-state index is 0.0555. The Morgan fingerprint density at radius 2 is 1.85 bits per heavy atom. The Labute approximate surface area is 159 Å². The molecule has 26 heavy (non-hydrogen) atoms. The van der Waals surface area contributed by atoms with E-state index in [0.717, 1.165) is 58.5 Å². The van der Waals surface area contributed by atoms with Crippen LogP contribution in [-0.2, 0) is 14.8 Å². The van der Waals surface area contributed by atoms with E-state index in [0.29, 0.717) is 13.0 Å². The van der Waals surface area contributed by atoms with Crippen molar-refractivity contribution in [2.45, 2.75) is 58.5 Å². The zero-order valence-corrected chi connectivity index (χ0v) is 17.4. The van der Waals surface area contributed by atoms with Gasteiger partial charge in [0.25, 0.3) is 0 Å². The molecule has 7 nitrogen and oxygen atoms in total. The first-order valence-corrected chi connectivity index (χ1v) is 11.7. The zero-order valence-electron chi connectivity index (χ0n) is 16.6. The molecular weight excluding hydrogens is 352 g/mol. The standard InChI is InChI=1S/C18H36N4O3S/c1-4-20-10-12-21(13-11-20)16(2)15-19-26(24,25)14-8-18-7-5-6-9-22(18)17(3)23/h16,18-19H,4-15H2,1-3H3/t16-,18+/m1/s1. The van der Waals surface area contributed by atoms with E-state index >= 15 is 0 Å². The number of rotatable bonds is 8. The lowest BCUT2D eigenvalue weighted by Gasteiger charge is -2.37. The van der Waals surface area contributed by atoms with Crippen LogP contribution in [0.25, 0.3) is 0 Å². The summed E-state index contributed by atoms with van der Waals surface area (Å²) >= 11 is 0. The van der Waals surface area contributed by atoms with Crippen molar-refractivity contribution in [3.63, 3.8) is 0 Å². The first-order chi connectivity index (χ1) is 12.3. The van der Waals surface area contributed by atoms with Gasteiger partial charge >= 0.3 is 0 Å². The lowest BCUT2D eigenvalue weighted by molar-refractivity contribution is -0.132. The van der Waals surface area contributed by atoms with Crippen LogP contribution in [0, 0.1) is 0 Å². The number of sulfonamides is 1. The molecule has 0 unspecified atom stereocenters. The van der Waals surface area contributed by atoms with Gasteiger partial charge in [-0.1, -0.05) is 6.92 Å². The van der Waals surface area contributed by atoms with E-state index in [-0.39, 0.29) is 23.7 Å². The van der Waals surface area contributed by atoms with E-state index in [1.807, 2.05) is 4.90 Å².